The Hall–Kier alpha value is -3.09. The maximum Gasteiger partial charge on any atom is 0.325 e. The van der Waals surface area contributed by atoms with Gasteiger partial charge in [0.15, 0.2) is 0 Å². The molecule has 7 nitrogen and oxygen atoms in total. The average molecular weight is 487 g/mol. The number of esters is 1. The number of imide groups is 1. The van der Waals surface area contributed by atoms with Gasteiger partial charge in [-0.3, -0.25) is 19.3 Å². The second-order valence-corrected chi connectivity index (χ2v) is 7.94. The van der Waals surface area contributed by atoms with Gasteiger partial charge in [-0.2, -0.15) is 5.26 Å². The molecule has 0 bridgehead atoms. The number of nitriles is 1. The normalized spacial score (nSPS) is 14.7. The van der Waals surface area contributed by atoms with Crippen molar-refractivity contribution < 1.29 is 23.9 Å². The number of amides is 2. The number of ether oxygens (including phenoxy) is 2. The summed E-state index contributed by atoms with van der Waals surface area (Å²) in [6, 6.07) is 14.5. The Bertz CT molecular complexity index is 1090. The van der Waals surface area contributed by atoms with Gasteiger partial charge in [-0.25, -0.2) is 0 Å². The highest BCUT2D eigenvalue weighted by Gasteiger charge is 2.36. The molecule has 0 aliphatic carbocycles. The van der Waals surface area contributed by atoms with Gasteiger partial charge in [0.05, 0.1) is 28.1 Å². The van der Waals surface area contributed by atoms with E-state index < -0.39 is 23.7 Å². The first-order chi connectivity index (χ1) is 14.4. The first-order valence-electron chi connectivity index (χ1n) is 8.65. The minimum Gasteiger partial charge on any atom is -0.488 e. The maximum atomic E-state index is 12.4. The van der Waals surface area contributed by atoms with E-state index in [-0.39, 0.29) is 11.5 Å². The number of methoxy groups -OCH3 is 1. The van der Waals surface area contributed by atoms with Gasteiger partial charge >= 0.3 is 5.97 Å². The van der Waals surface area contributed by atoms with Crippen LogP contribution in [0, 0.1) is 11.3 Å². The number of halogens is 1. The van der Waals surface area contributed by atoms with Crippen LogP contribution >= 0.6 is 27.7 Å². The molecule has 1 aliphatic heterocycles. The summed E-state index contributed by atoms with van der Waals surface area (Å²) in [6.45, 7) is -0.187. The van der Waals surface area contributed by atoms with Crippen LogP contribution in [0.15, 0.2) is 51.8 Å². The topological polar surface area (TPSA) is 96.7 Å². The molecule has 30 heavy (non-hydrogen) atoms. The van der Waals surface area contributed by atoms with Crippen LogP contribution in [0.25, 0.3) is 6.08 Å². The zero-order valence-electron chi connectivity index (χ0n) is 15.8. The molecule has 0 unspecified atom stereocenters. The molecule has 0 radical (unpaired) electrons. The van der Waals surface area contributed by atoms with Gasteiger partial charge < -0.3 is 9.47 Å². The van der Waals surface area contributed by atoms with Gasteiger partial charge in [0.1, 0.15) is 18.9 Å². The Morgan fingerprint density at radius 1 is 1.27 bits per heavy atom. The van der Waals surface area contributed by atoms with Crippen LogP contribution in [0.5, 0.6) is 5.75 Å². The van der Waals surface area contributed by atoms with E-state index in [1.165, 1.54) is 7.11 Å². The lowest BCUT2D eigenvalue weighted by Crippen LogP contribution is -2.34. The van der Waals surface area contributed by atoms with E-state index in [9.17, 15) is 14.4 Å². The van der Waals surface area contributed by atoms with Gasteiger partial charge in [-0.1, -0.05) is 24.3 Å². The standard InChI is InChI=1S/C21H15BrN2O5S/c1-28-19(25)11-24-20(26)18(30-21(24)27)9-13-6-7-17(16(22)8-13)29-12-15-5-3-2-4-14(15)10-23/h2-9H,11-12H2,1H3/b18-9-. The van der Waals surface area contributed by atoms with Crippen molar-refractivity contribution in [1.82, 2.24) is 4.90 Å². The van der Waals surface area contributed by atoms with Crippen LogP contribution in [0.1, 0.15) is 16.7 Å². The van der Waals surface area contributed by atoms with E-state index in [1.807, 2.05) is 12.1 Å². The molecule has 1 fully saturated rings. The predicted octanol–water partition coefficient (Wildman–Crippen LogP) is 4.11. The highest BCUT2D eigenvalue weighted by molar-refractivity contribution is 9.10. The summed E-state index contributed by atoms with van der Waals surface area (Å²) in [4.78, 5) is 36.8. The van der Waals surface area contributed by atoms with E-state index >= 15 is 0 Å². The molecular formula is C21H15BrN2O5S. The van der Waals surface area contributed by atoms with Gasteiger partial charge in [0.25, 0.3) is 11.1 Å². The highest BCUT2D eigenvalue weighted by Crippen LogP contribution is 2.34. The Labute approximate surface area is 185 Å². The van der Waals surface area contributed by atoms with E-state index in [2.05, 4.69) is 26.7 Å². The van der Waals surface area contributed by atoms with E-state index in [0.29, 0.717) is 21.3 Å². The molecule has 152 valence electrons. The number of hydrogen-bond donors (Lipinski definition) is 0. The Morgan fingerprint density at radius 3 is 2.73 bits per heavy atom. The van der Waals surface area contributed by atoms with E-state index in [4.69, 9.17) is 10.00 Å². The minimum absolute atomic E-state index is 0.215. The van der Waals surface area contributed by atoms with Crippen LogP contribution in [-0.2, 0) is 20.9 Å². The lowest BCUT2D eigenvalue weighted by molar-refractivity contribution is -0.143. The maximum absolute atomic E-state index is 12.4. The lowest BCUT2D eigenvalue weighted by Gasteiger charge is -2.10. The quantitative estimate of drug-likeness (QED) is 0.447. The number of carbonyl (C=O) groups excluding carboxylic acids is 3. The van der Waals surface area contributed by atoms with Crippen molar-refractivity contribution >= 4 is 50.9 Å². The zero-order chi connectivity index (χ0) is 21.7. The molecule has 1 saturated heterocycles. The highest BCUT2D eigenvalue weighted by atomic mass is 79.9. The van der Waals surface area contributed by atoms with Crippen molar-refractivity contribution in [3.8, 4) is 11.8 Å². The number of nitrogens with zero attached hydrogens (tertiary/aromatic N) is 2. The second-order valence-electron chi connectivity index (χ2n) is 6.09. The van der Waals surface area contributed by atoms with Crippen molar-refractivity contribution in [2.45, 2.75) is 6.61 Å². The summed E-state index contributed by atoms with van der Waals surface area (Å²) < 4.78 is 11.0. The number of benzene rings is 2. The molecule has 1 aliphatic rings. The summed E-state index contributed by atoms with van der Waals surface area (Å²) in [6.07, 6.45) is 1.57. The van der Waals surface area contributed by atoms with Crippen LogP contribution in [0.4, 0.5) is 4.79 Å². The molecule has 3 rings (SSSR count). The predicted molar refractivity (Wildman–Crippen MR) is 114 cm³/mol. The molecular weight excluding hydrogens is 472 g/mol. The minimum atomic E-state index is -0.666. The molecule has 2 amide bonds. The van der Waals surface area contributed by atoms with Crippen molar-refractivity contribution in [3.63, 3.8) is 0 Å². The fraction of sp³-hybridized carbons (Fsp3) is 0.143. The third-order valence-electron chi connectivity index (χ3n) is 4.16. The number of hydrogen-bond acceptors (Lipinski definition) is 7. The first-order valence-corrected chi connectivity index (χ1v) is 10.3. The fourth-order valence-electron chi connectivity index (χ4n) is 2.62. The second kappa shape index (κ2) is 9.61. The molecule has 2 aromatic rings. The molecule has 0 aromatic heterocycles. The zero-order valence-corrected chi connectivity index (χ0v) is 18.2. The monoisotopic (exact) mass is 486 g/mol. The molecule has 0 atom stereocenters. The van der Waals surface area contributed by atoms with Crippen LogP contribution < -0.4 is 4.74 Å². The molecule has 0 saturated carbocycles. The van der Waals surface area contributed by atoms with Gasteiger partial charge in [-0.15, -0.1) is 0 Å². The average Bonchev–Trinajstić information content (AvgIpc) is 3.00. The van der Waals surface area contributed by atoms with E-state index in [1.54, 1.807) is 36.4 Å². The molecule has 9 heteroatoms. The Kier molecular flexibility index (Phi) is 6.92. The number of rotatable bonds is 6. The smallest absolute Gasteiger partial charge is 0.325 e. The van der Waals surface area contributed by atoms with E-state index in [0.717, 1.165) is 22.2 Å². The summed E-state index contributed by atoms with van der Waals surface area (Å²) >= 11 is 4.20. The summed E-state index contributed by atoms with van der Waals surface area (Å²) in [5, 5.41) is 8.64. The lowest BCUT2D eigenvalue weighted by atomic mass is 10.1. The van der Waals surface area contributed by atoms with Crippen molar-refractivity contribution in [2.75, 3.05) is 13.7 Å². The summed E-state index contributed by atoms with van der Waals surface area (Å²) in [5.74, 6) is -0.639. The largest absolute Gasteiger partial charge is 0.488 e. The Balaban J connectivity index is 1.72. The molecule has 1 heterocycles. The van der Waals surface area contributed by atoms with Crippen molar-refractivity contribution in [3.05, 3.63) is 68.5 Å². The SMILES string of the molecule is COC(=O)CN1C(=O)S/C(=C\c2ccc(OCc3ccccc3C#N)c(Br)c2)C1=O. The van der Waals surface area contributed by atoms with Crippen LogP contribution in [0.2, 0.25) is 0 Å². The fourth-order valence-corrected chi connectivity index (χ4v) is 3.97. The number of thioether (sulfide) groups is 1. The first kappa shape index (κ1) is 21.6. The van der Waals surface area contributed by atoms with Crippen molar-refractivity contribution in [1.29, 1.82) is 5.26 Å². The van der Waals surface area contributed by atoms with Gasteiger partial charge in [0.2, 0.25) is 0 Å². The van der Waals surface area contributed by atoms with Crippen LogP contribution in [-0.4, -0.2) is 35.7 Å². The van der Waals surface area contributed by atoms with Gasteiger partial charge in [0, 0.05) is 5.56 Å². The summed E-state index contributed by atoms with van der Waals surface area (Å²) in [7, 11) is 1.19. The van der Waals surface area contributed by atoms with Crippen molar-refractivity contribution in [2.24, 2.45) is 0 Å². The number of carbonyl (C=O) groups is 3. The third kappa shape index (κ3) is 4.90. The van der Waals surface area contributed by atoms with Gasteiger partial charge in [-0.05, 0) is 57.5 Å². The molecule has 0 spiro atoms. The van der Waals surface area contributed by atoms with Crippen LogP contribution in [0.3, 0.4) is 0 Å². The summed E-state index contributed by atoms with van der Waals surface area (Å²) in [5.41, 5.74) is 2.00. The molecule has 0 N–H and O–H groups in total. The molecule has 2 aromatic carbocycles. The Morgan fingerprint density at radius 2 is 2.03 bits per heavy atom. The third-order valence-corrected chi connectivity index (χ3v) is 5.69.